The van der Waals surface area contributed by atoms with Crippen molar-refractivity contribution in [2.24, 2.45) is 0 Å². The number of hydrogen-bond donors (Lipinski definition) is 4. The van der Waals surface area contributed by atoms with Crippen LogP contribution in [0.5, 0.6) is 0 Å². The van der Waals surface area contributed by atoms with E-state index in [9.17, 15) is 20.1 Å². The second-order valence-electron chi connectivity index (χ2n) is 9.88. The fraction of sp³-hybridized carbons (Fsp3) is 0.842. The summed E-state index contributed by atoms with van der Waals surface area (Å²) in [6, 6.07) is 1.97. The molecule has 0 aromatic rings. The van der Waals surface area contributed by atoms with Gasteiger partial charge in [-0.25, -0.2) is 4.79 Å². The van der Waals surface area contributed by atoms with Crippen molar-refractivity contribution in [1.29, 1.82) is 0 Å². The molecule has 0 aliphatic rings. The van der Waals surface area contributed by atoms with Crippen molar-refractivity contribution in [3.05, 3.63) is 12.2 Å². The third kappa shape index (κ3) is 16.6. The minimum absolute atomic E-state index is 0.176. The van der Waals surface area contributed by atoms with Crippen molar-refractivity contribution in [3.8, 4) is 0 Å². The molecule has 6 nitrogen and oxygen atoms in total. The van der Waals surface area contributed by atoms with E-state index in [0.717, 1.165) is 18.5 Å². The monoisotopic (exact) mass is 452 g/mol. The highest BCUT2D eigenvalue weighted by Crippen LogP contribution is 2.28. The fourth-order valence-electron chi connectivity index (χ4n) is 2.58. The number of carbonyl (C=O) groups is 1. The number of aliphatic hydroxyl groups excluding tert-OH is 2. The Morgan fingerprint density at radius 1 is 1.18 bits per heavy atom. The van der Waals surface area contributed by atoms with Crippen molar-refractivity contribution in [1.82, 2.24) is 0 Å². The molecule has 0 radical (unpaired) electrons. The first-order valence-corrected chi connectivity index (χ1v) is 19.6. The highest BCUT2D eigenvalue weighted by molar-refractivity contribution is 6.77. The second-order valence-corrected chi connectivity index (χ2v) is 22.9. The summed E-state index contributed by atoms with van der Waals surface area (Å²) in [5.41, 5.74) is -0.975. The highest BCUT2D eigenvalue weighted by atomic mass is 28.4. The molecule has 0 spiro atoms. The van der Waals surface area contributed by atoms with Gasteiger partial charge in [-0.2, -0.15) is 0 Å². The minimum atomic E-state index is -1.47. The van der Waals surface area contributed by atoms with Crippen molar-refractivity contribution < 1.29 is 29.3 Å². The molecule has 0 saturated heterocycles. The van der Waals surface area contributed by atoms with E-state index in [4.69, 9.17) is 9.22 Å². The first-order chi connectivity index (χ1) is 12.4. The molecule has 3 atom stereocenters. The molecule has 9 heteroatoms. The zero-order valence-corrected chi connectivity index (χ0v) is 22.4. The van der Waals surface area contributed by atoms with E-state index < -0.39 is 43.1 Å². The van der Waals surface area contributed by atoms with Crippen LogP contribution in [0.3, 0.4) is 0 Å². The Balaban J connectivity index is 0. The van der Waals surface area contributed by atoms with Gasteiger partial charge in [0.15, 0.2) is 17.4 Å². The number of carboxylic acid groups (broad SMARTS) is 1. The Hall–Kier alpha value is -0.299. The molecular weight excluding hydrogens is 408 g/mol. The molecule has 0 aliphatic carbocycles. The molecule has 3 unspecified atom stereocenters. The second kappa shape index (κ2) is 13.1. The zero-order valence-electron chi connectivity index (χ0n) is 19.2. The molecule has 0 aromatic carbocycles. The predicted molar refractivity (Wildman–Crippen MR) is 125 cm³/mol. The largest absolute Gasteiger partial charge is 0.478 e. The predicted octanol–water partition coefficient (Wildman–Crippen LogP) is 3.43. The smallest absolute Gasteiger partial charge is 0.330 e. The van der Waals surface area contributed by atoms with Gasteiger partial charge in [-0.05, 0) is 52.0 Å². The summed E-state index contributed by atoms with van der Waals surface area (Å²) in [5.74, 6) is -0.935. The molecule has 0 aromatic heterocycles. The van der Waals surface area contributed by atoms with E-state index >= 15 is 0 Å². The average molecular weight is 453 g/mol. The van der Waals surface area contributed by atoms with Crippen molar-refractivity contribution >= 4 is 31.4 Å². The zero-order chi connectivity index (χ0) is 22.8. The van der Waals surface area contributed by atoms with Gasteiger partial charge in [0.05, 0.1) is 12.2 Å². The van der Waals surface area contributed by atoms with Crippen LogP contribution in [0.15, 0.2) is 12.2 Å². The number of rotatable bonds is 12. The molecule has 0 saturated carbocycles. The maximum Gasteiger partial charge on any atom is 0.330 e. The van der Waals surface area contributed by atoms with Gasteiger partial charge < -0.3 is 24.5 Å². The van der Waals surface area contributed by atoms with Crippen LogP contribution in [-0.4, -0.2) is 70.1 Å². The average Bonchev–Trinajstić information content (AvgIpc) is 2.50. The molecule has 0 fully saturated rings. The minimum Gasteiger partial charge on any atom is -0.478 e. The van der Waals surface area contributed by atoms with E-state index in [1.165, 1.54) is 6.92 Å². The molecule has 0 amide bonds. The molecule has 0 heterocycles. The van der Waals surface area contributed by atoms with E-state index in [0.29, 0.717) is 12.8 Å². The summed E-state index contributed by atoms with van der Waals surface area (Å²) in [4.78, 5) is 9.60. The standard InChI is InChI=1S/C15H38O4Si3.C4H6O2/c1-20(19-22(5,6)7)11-8-9-15(18,14(17)13-16)10-12-21(2,3)4;1-3(2)4(5)6/h14,16-18,20H,8-13H2,1-7H3;1H2,2H3,(H,5,6). The fourth-order valence-corrected chi connectivity index (χ4v) is 9.84. The third-order valence-corrected chi connectivity index (χ3v) is 11.7. The van der Waals surface area contributed by atoms with Gasteiger partial charge in [0.25, 0.3) is 0 Å². The molecule has 0 bridgehead atoms. The van der Waals surface area contributed by atoms with Crippen LogP contribution in [0.25, 0.3) is 0 Å². The number of aliphatic carboxylic acids is 1. The van der Waals surface area contributed by atoms with Crippen LogP contribution in [0.2, 0.25) is 57.9 Å². The lowest BCUT2D eigenvalue weighted by Gasteiger charge is -2.34. The Labute approximate surface area is 175 Å². The lowest BCUT2D eigenvalue weighted by molar-refractivity contribution is -0.132. The van der Waals surface area contributed by atoms with E-state index in [1.54, 1.807) is 0 Å². The maximum atomic E-state index is 10.8. The van der Waals surface area contributed by atoms with Crippen LogP contribution >= 0.6 is 0 Å². The van der Waals surface area contributed by atoms with E-state index in [2.05, 4.69) is 52.4 Å². The van der Waals surface area contributed by atoms with Crippen molar-refractivity contribution in [2.75, 3.05) is 6.61 Å². The summed E-state index contributed by atoms with van der Waals surface area (Å²) < 4.78 is 6.14. The normalized spacial score (nSPS) is 16.4. The maximum absolute atomic E-state index is 10.8. The third-order valence-electron chi connectivity index (χ3n) is 4.24. The van der Waals surface area contributed by atoms with Crippen LogP contribution in [0.4, 0.5) is 0 Å². The Morgan fingerprint density at radius 3 is 1.96 bits per heavy atom. The van der Waals surface area contributed by atoms with Gasteiger partial charge in [-0.1, -0.05) is 38.7 Å². The molecule has 0 rings (SSSR count). The summed E-state index contributed by atoms with van der Waals surface area (Å²) >= 11 is 0. The number of carboxylic acids is 1. The van der Waals surface area contributed by atoms with Crippen molar-refractivity contribution in [2.45, 2.75) is 95.8 Å². The van der Waals surface area contributed by atoms with Crippen molar-refractivity contribution in [3.63, 3.8) is 0 Å². The van der Waals surface area contributed by atoms with Gasteiger partial charge in [0, 0.05) is 13.6 Å². The summed E-state index contributed by atoms with van der Waals surface area (Å²) in [6.07, 6.45) is 0.941. The molecule has 4 N–H and O–H groups in total. The first kappa shape index (κ1) is 29.9. The van der Waals surface area contributed by atoms with E-state index in [1.807, 2.05) is 0 Å². The van der Waals surface area contributed by atoms with Gasteiger partial charge in [0.2, 0.25) is 0 Å². The lowest BCUT2D eigenvalue weighted by atomic mass is 9.89. The first-order valence-electron chi connectivity index (χ1n) is 10.0. The van der Waals surface area contributed by atoms with Crippen LogP contribution in [-0.2, 0) is 8.91 Å². The quantitative estimate of drug-likeness (QED) is 0.267. The Kier molecular flexibility index (Phi) is 14.0. The number of aliphatic hydroxyl groups is 3. The van der Waals surface area contributed by atoms with E-state index in [-0.39, 0.29) is 12.2 Å². The molecule has 168 valence electrons. The topological polar surface area (TPSA) is 107 Å². The van der Waals surface area contributed by atoms with Gasteiger partial charge in [0.1, 0.15) is 6.10 Å². The lowest BCUT2D eigenvalue weighted by Crippen LogP contribution is -2.46. The summed E-state index contributed by atoms with van der Waals surface area (Å²) in [6.45, 7) is 19.8. The molecule has 28 heavy (non-hydrogen) atoms. The summed E-state index contributed by atoms with van der Waals surface area (Å²) in [5, 5.41) is 38.0. The Morgan fingerprint density at radius 2 is 1.64 bits per heavy atom. The van der Waals surface area contributed by atoms with Crippen LogP contribution in [0.1, 0.15) is 26.2 Å². The molecule has 0 aliphatic heterocycles. The Bertz CT molecular complexity index is 461. The molecular formula is C19H44O6Si3. The SMILES string of the molecule is C=C(C)C(=O)O.C[SiH](CCCC(O)(CC[Si](C)(C)C)C(O)CO)O[Si](C)(C)C. The number of hydrogen-bond acceptors (Lipinski definition) is 5. The van der Waals surface area contributed by atoms with Gasteiger partial charge in [-0.3, -0.25) is 0 Å². The van der Waals surface area contributed by atoms with Gasteiger partial charge >= 0.3 is 5.97 Å². The van der Waals surface area contributed by atoms with Crippen LogP contribution in [0, 0.1) is 0 Å². The van der Waals surface area contributed by atoms with Gasteiger partial charge in [-0.15, -0.1) is 0 Å². The van der Waals surface area contributed by atoms with Crippen LogP contribution < -0.4 is 0 Å². The highest BCUT2D eigenvalue weighted by Gasteiger charge is 2.36. The summed E-state index contributed by atoms with van der Waals surface area (Å²) in [7, 11) is -3.95.